The highest BCUT2D eigenvalue weighted by Crippen LogP contribution is 2.30. The molecule has 0 aliphatic carbocycles. The third-order valence-corrected chi connectivity index (χ3v) is 8.32. The average molecular weight is 652 g/mol. The lowest BCUT2D eigenvalue weighted by Gasteiger charge is -2.35. The summed E-state index contributed by atoms with van der Waals surface area (Å²) in [6.45, 7) is 17.1. The van der Waals surface area contributed by atoms with Crippen molar-refractivity contribution < 1.29 is 33.8 Å². The van der Waals surface area contributed by atoms with Crippen LogP contribution in [0.1, 0.15) is 72.3 Å². The Bertz CT molecular complexity index is 1330. The molecule has 2 fully saturated rings. The van der Waals surface area contributed by atoms with Gasteiger partial charge in [0.05, 0.1) is 19.1 Å². The van der Waals surface area contributed by atoms with Gasteiger partial charge in [0.1, 0.15) is 23.9 Å². The first kappa shape index (κ1) is 37.5. The third kappa shape index (κ3) is 11.1. The smallest absolute Gasteiger partial charge is 0.252 e. The number of epoxide rings is 1. The largest absolute Gasteiger partial charge is 0.846 e. The molecule has 0 bridgehead atoms. The summed E-state index contributed by atoms with van der Waals surface area (Å²) in [6.07, 6.45) is 4.70. The molecule has 1 aromatic carbocycles. The summed E-state index contributed by atoms with van der Waals surface area (Å²) in [5.41, 5.74) is 1.24. The number of hydrogen-bond acceptors (Lipinski definition) is 7. The fourth-order valence-electron chi connectivity index (χ4n) is 5.74. The van der Waals surface area contributed by atoms with Crippen LogP contribution in [0.3, 0.4) is 0 Å². The molecular weight excluding hydrogens is 600 g/mol. The first-order chi connectivity index (χ1) is 22.2. The van der Waals surface area contributed by atoms with Gasteiger partial charge in [-0.1, -0.05) is 77.5 Å². The number of rotatable bonds is 17. The minimum Gasteiger partial charge on any atom is -0.846 e. The van der Waals surface area contributed by atoms with Gasteiger partial charge in [0.15, 0.2) is 6.10 Å². The van der Waals surface area contributed by atoms with E-state index in [1.54, 1.807) is 35.2 Å². The Labute approximate surface area is 278 Å². The molecule has 47 heavy (non-hydrogen) atoms. The van der Waals surface area contributed by atoms with Gasteiger partial charge in [0.25, 0.3) is 5.91 Å². The van der Waals surface area contributed by atoms with E-state index in [4.69, 9.17) is 9.47 Å². The summed E-state index contributed by atoms with van der Waals surface area (Å²) in [4.78, 5) is 54.7. The monoisotopic (exact) mass is 651 g/mol. The summed E-state index contributed by atoms with van der Waals surface area (Å²) in [6, 6.07) is 5.13. The maximum absolute atomic E-state index is 14.0. The van der Waals surface area contributed by atoms with Crippen LogP contribution >= 0.6 is 0 Å². The van der Waals surface area contributed by atoms with Gasteiger partial charge in [0, 0.05) is 13.1 Å². The minimum absolute atomic E-state index is 0.0150. The van der Waals surface area contributed by atoms with Gasteiger partial charge < -0.3 is 35.4 Å². The lowest BCUT2D eigenvalue weighted by atomic mass is 9.85. The fourth-order valence-corrected chi connectivity index (χ4v) is 5.74. The molecule has 2 aliphatic rings. The number of amides is 4. The molecule has 3 N–H and O–H groups in total. The standard InChI is InChI=1S/C36H51N4O7/c1-8-13-26(29-30(47-29)33(43)37-19-10-3)38-32(42)27-16-12-20-40(27)34(44)31(35(4,5)6)39-28(41)23-24-14-11-15-25(22-24)46-21-18-36(7,45)17-9-2/h10-11,14-15,17,22,26-27,29-31H,2-3,8,12-13,16,18-21,23H2,1,4-7H3,(H,37,43)(H,38,42)(H,39,41)/q-1/t26?,27-,29?,30?,31+,36-/m0/s1. The summed E-state index contributed by atoms with van der Waals surface area (Å²) in [5, 5.41) is 21.0. The molecule has 2 saturated heterocycles. The van der Waals surface area contributed by atoms with Gasteiger partial charge in [0.2, 0.25) is 17.7 Å². The molecule has 2 heterocycles. The Morgan fingerprint density at radius 2 is 1.94 bits per heavy atom. The van der Waals surface area contributed by atoms with Gasteiger partial charge in [-0.15, -0.1) is 12.3 Å². The molecule has 1 aromatic rings. The van der Waals surface area contributed by atoms with E-state index in [2.05, 4.69) is 34.8 Å². The zero-order valence-corrected chi connectivity index (χ0v) is 28.4. The molecule has 2 aliphatic heterocycles. The molecule has 0 aromatic heterocycles. The zero-order valence-electron chi connectivity index (χ0n) is 28.4. The van der Waals surface area contributed by atoms with Crippen LogP contribution in [-0.4, -0.2) is 84.2 Å². The van der Waals surface area contributed by atoms with Crippen molar-refractivity contribution >= 4 is 23.6 Å². The van der Waals surface area contributed by atoms with Crippen molar-refractivity contribution in [2.24, 2.45) is 5.41 Å². The SMILES string of the molecule is C=C=C[C@](C)([O-])CCOc1cccc(CC(=O)N[C@H](C(=O)N2CCC[C@H]2C(=O)NC(CCC)C2OC2C(=O)NCC=C)C(C)(C)C)c1. The predicted molar refractivity (Wildman–Crippen MR) is 177 cm³/mol. The van der Waals surface area contributed by atoms with E-state index in [0.29, 0.717) is 43.7 Å². The van der Waals surface area contributed by atoms with E-state index in [0.717, 1.165) is 6.42 Å². The second-order valence-corrected chi connectivity index (χ2v) is 13.6. The van der Waals surface area contributed by atoms with E-state index in [1.165, 1.54) is 13.0 Å². The summed E-state index contributed by atoms with van der Waals surface area (Å²) in [5.74, 6) is -0.650. The molecular formula is C36H51N4O7-. The van der Waals surface area contributed by atoms with E-state index >= 15 is 0 Å². The molecule has 0 radical (unpaired) electrons. The normalized spacial score (nSPS) is 21.3. The highest BCUT2D eigenvalue weighted by atomic mass is 16.6. The molecule has 4 amide bonds. The molecule has 3 rings (SSSR count). The molecule has 11 nitrogen and oxygen atoms in total. The molecule has 0 spiro atoms. The van der Waals surface area contributed by atoms with E-state index in [9.17, 15) is 24.3 Å². The van der Waals surface area contributed by atoms with Crippen LogP contribution in [-0.2, 0) is 30.3 Å². The molecule has 258 valence electrons. The topological polar surface area (TPSA) is 152 Å². The van der Waals surface area contributed by atoms with E-state index in [-0.39, 0.29) is 49.1 Å². The van der Waals surface area contributed by atoms with Gasteiger partial charge in [-0.05, 0) is 48.8 Å². The molecule has 11 heteroatoms. The van der Waals surface area contributed by atoms with E-state index < -0.39 is 35.3 Å². The second kappa shape index (κ2) is 16.8. The van der Waals surface area contributed by atoms with Crippen molar-refractivity contribution in [2.75, 3.05) is 19.7 Å². The quantitative estimate of drug-likeness (QED) is 0.133. The molecule has 3 unspecified atom stereocenters. The van der Waals surface area contributed by atoms with Crippen LogP contribution in [0.15, 0.2) is 55.3 Å². The Hall–Kier alpha value is -3.92. The van der Waals surface area contributed by atoms with Crippen molar-refractivity contribution in [3.05, 3.63) is 60.9 Å². The van der Waals surface area contributed by atoms with Gasteiger partial charge in [-0.2, -0.15) is 0 Å². The Kier molecular flexibility index (Phi) is 13.4. The number of ether oxygens (including phenoxy) is 2. The zero-order chi connectivity index (χ0) is 34.8. The van der Waals surface area contributed by atoms with Crippen molar-refractivity contribution in [2.45, 2.75) is 109 Å². The number of hydrogen-bond donors (Lipinski definition) is 3. The summed E-state index contributed by atoms with van der Waals surface area (Å²) in [7, 11) is 0. The van der Waals surface area contributed by atoms with Crippen molar-refractivity contribution in [3.63, 3.8) is 0 Å². The molecule has 0 saturated carbocycles. The third-order valence-electron chi connectivity index (χ3n) is 8.32. The first-order valence-corrected chi connectivity index (χ1v) is 16.4. The van der Waals surface area contributed by atoms with Gasteiger partial charge in [-0.25, -0.2) is 0 Å². The number of nitrogens with one attached hydrogen (secondary N) is 3. The van der Waals surface area contributed by atoms with Crippen LogP contribution in [0.4, 0.5) is 0 Å². The molecule has 6 atom stereocenters. The number of benzene rings is 1. The number of carbonyl (C=O) groups excluding carboxylic acids is 4. The minimum atomic E-state index is -1.34. The van der Waals surface area contributed by atoms with Crippen molar-refractivity contribution in [1.82, 2.24) is 20.9 Å². The van der Waals surface area contributed by atoms with Crippen LogP contribution in [0.2, 0.25) is 0 Å². The Morgan fingerprint density at radius 3 is 2.60 bits per heavy atom. The van der Waals surface area contributed by atoms with Gasteiger partial charge >= 0.3 is 0 Å². The fraction of sp³-hybridized carbons (Fsp3) is 0.583. The van der Waals surface area contributed by atoms with Crippen molar-refractivity contribution in [3.8, 4) is 5.75 Å². The van der Waals surface area contributed by atoms with E-state index in [1.807, 2.05) is 27.7 Å². The van der Waals surface area contributed by atoms with Crippen LogP contribution in [0, 0.1) is 5.41 Å². The van der Waals surface area contributed by atoms with Crippen molar-refractivity contribution in [1.29, 1.82) is 0 Å². The predicted octanol–water partition coefficient (Wildman–Crippen LogP) is 2.33. The second-order valence-electron chi connectivity index (χ2n) is 13.6. The lowest BCUT2D eigenvalue weighted by Crippen LogP contribution is -2.58. The highest BCUT2D eigenvalue weighted by Gasteiger charge is 2.51. The number of carbonyl (C=O) groups is 4. The lowest BCUT2D eigenvalue weighted by molar-refractivity contribution is -0.455. The average Bonchev–Trinajstić information content (AvgIpc) is 3.64. The maximum Gasteiger partial charge on any atom is 0.252 e. The Morgan fingerprint density at radius 1 is 1.19 bits per heavy atom. The van der Waals surface area contributed by atoms with Crippen LogP contribution in [0.5, 0.6) is 5.75 Å². The summed E-state index contributed by atoms with van der Waals surface area (Å²) >= 11 is 0. The number of likely N-dealkylation sites (tertiary alicyclic amines) is 1. The maximum atomic E-state index is 14.0. The number of nitrogens with zero attached hydrogens (tertiary/aromatic N) is 1. The van der Waals surface area contributed by atoms with Gasteiger partial charge in [-0.3, -0.25) is 19.2 Å². The summed E-state index contributed by atoms with van der Waals surface area (Å²) < 4.78 is 11.4. The highest BCUT2D eigenvalue weighted by molar-refractivity contribution is 5.93. The Balaban J connectivity index is 1.63. The van der Waals surface area contributed by atoms with Crippen LogP contribution in [0.25, 0.3) is 0 Å². The van der Waals surface area contributed by atoms with Crippen LogP contribution < -0.4 is 25.8 Å². The first-order valence-electron chi connectivity index (χ1n) is 16.4.